The normalized spacial score (nSPS) is 26.6. The molecule has 0 amide bonds. The number of hydrogen-bond acceptors (Lipinski definition) is 1. The van der Waals surface area contributed by atoms with Gasteiger partial charge in [-0.2, -0.15) is 0 Å². The highest BCUT2D eigenvalue weighted by molar-refractivity contribution is 4.80. The first-order valence-corrected chi connectivity index (χ1v) is 8.05. The molecule has 2 fully saturated rings. The van der Waals surface area contributed by atoms with Crippen LogP contribution in [0.4, 0.5) is 0 Å². The van der Waals surface area contributed by atoms with E-state index in [0.717, 1.165) is 12.0 Å². The van der Waals surface area contributed by atoms with Crippen LogP contribution in [0.5, 0.6) is 0 Å². The Balaban J connectivity index is 0.000000437. The van der Waals surface area contributed by atoms with Crippen LogP contribution in [0, 0.1) is 5.92 Å². The van der Waals surface area contributed by atoms with E-state index in [9.17, 15) is 0 Å². The lowest BCUT2D eigenvalue weighted by Gasteiger charge is -2.30. The van der Waals surface area contributed by atoms with Gasteiger partial charge in [0.1, 0.15) is 0 Å². The van der Waals surface area contributed by atoms with Crippen molar-refractivity contribution in [3.63, 3.8) is 0 Å². The van der Waals surface area contributed by atoms with E-state index in [1.165, 1.54) is 70.9 Å². The van der Waals surface area contributed by atoms with Gasteiger partial charge in [-0.25, -0.2) is 0 Å². The summed E-state index contributed by atoms with van der Waals surface area (Å²) in [5.74, 6) is 1.04. The van der Waals surface area contributed by atoms with E-state index >= 15 is 0 Å². The Bertz CT molecular complexity index is 172. The minimum absolute atomic E-state index is 0.928. The molecule has 1 atom stereocenters. The summed E-state index contributed by atoms with van der Waals surface area (Å²) in [5.41, 5.74) is 0. The molecule has 2 aliphatic rings. The van der Waals surface area contributed by atoms with Gasteiger partial charge in [0.2, 0.25) is 0 Å². The van der Waals surface area contributed by atoms with Crippen molar-refractivity contribution in [2.45, 2.75) is 84.6 Å². The van der Waals surface area contributed by atoms with E-state index < -0.39 is 0 Å². The third-order valence-electron chi connectivity index (χ3n) is 4.19. The second kappa shape index (κ2) is 8.97. The maximum atomic E-state index is 2.77. The average molecular weight is 239 g/mol. The third-order valence-corrected chi connectivity index (χ3v) is 4.19. The van der Waals surface area contributed by atoms with Gasteiger partial charge >= 0.3 is 0 Å². The fourth-order valence-electron chi connectivity index (χ4n) is 3.30. The summed E-state index contributed by atoms with van der Waals surface area (Å²) in [5, 5.41) is 0. The zero-order valence-corrected chi connectivity index (χ0v) is 12.4. The van der Waals surface area contributed by atoms with Gasteiger partial charge in [0, 0.05) is 12.6 Å². The lowest BCUT2D eigenvalue weighted by Crippen LogP contribution is -2.34. The summed E-state index contributed by atoms with van der Waals surface area (Å²) in [6.07, 6.45) is 13.0. The minimum Gasteiger partial charge on any atom is -0.300 e. The standard InChI is InChI=1S/C13H25N.C3H8/c1-2-13-9-6-10-14(13)11-12-7-4-3-5-8-12;1-3-2/h12-13H,2-11H2,1H3;3H2,1-2H3. The lowest BCUT2D eigenvalue weighted by atomic mass is 9.89. The van der Waals surface area contributed by atoms with Crippen molar-refractivity contribution in [1.82, 2.24) is 4.90 Å². The molecule has 1 unspecified atom stereocenters. The SMILES string of the molecule is CCC.CCC1CCCN1CC1CCCCC1. The predicted octanol–water partition coefficient (Wildman–Crippen LogP) is 4.86. The topological polar surface area (TPSA) is 3.24 Å². The van der Waals surface area contributed by atoms with Gasteiger partial charge in [0.05, 0.1) is 0 Å². The monoisotopic (exact) mass is 239 g/mol. The van der Waals surface area contributed by atoms with Crippen molar-refractivity contribution in [2.24, 2.45) is 5.92 Å². The molecule has 0 N–H and O–H groups in total. The van der Waals surface area contributed by atoms with E-state index in [0.29, 0.717) is 0 Å². The van der Waals surface area contributed by atoms with Gasteiger partial charge in [-0.3, -0.25) is 0 Å². The van der Waals surface area contributed by atoms with Gasteiger partial charge in [0.25, 0.3) is 0 Å². The molecule has 1 aliphatic heterocycles. The van der Waals surface area contributed by atoms with Crippen molar-refractivity contribution in [2.75, 3.05) is 13.1 Å². The van der Waals surface area contributed by atoms with Crippen LogP contribution < -0.4 is 0 Å². The van der Waals surface area contributed by atoms with Gasteiger partial charge in [-0.1, -0.05) is 46.5 Å². The van der Waals surface area contributed by atoms with E-state index in [-0.39, 0.29) is 0 Å². The minimum atomic E-state index is 0.928. The summed E-state index contributed by atoms with van der Waals surface area (Å²) in [7, 11) is 0. The molecule has 0 radical (unpaired) electrons. The molecular weight excluding hydrogens is 206 g/mol. The van der Waals surface area contributed by atoms with Gasteiger partial charge in [-0.05, 0) is 44.6 Å². The highest BCUT2D eigenvalue weighted by Crippen LogP contribution is 2.28. The Morgan fingerprint density at radius 3 is 2.12 bits per heavy atom. The van der Waals surface area contributed by atoms with Crippen molar-refractivity contribution in [3.05, 3.63) is 0 Å². The predicted molar refractivity (Wildman–Crippen MR) is 77.4 cm³/mol. The molecule has 1 aliphatic carbocycles. The molecule has 0 aromatic heterocycles. The molecule has 1 saturated heterocycles. The zero-order valence-electron chi connectivity index (χ0n) is 12.4. The van der Waals surface area contributed by atoms with Gasteiger partial charge in [0.15, 0.2) is 0 Å². The van der Waals surface area contributed by atoms with Crippen LogP contribution in [-0.2, 0) is 0 Å². The molecule has 1 heterocycles. The fraction of sp³-hybridized carbons (Fsp3) is 1.00. The summed E-state index contributed by atoms with van der Waals surface area (Å²) in [6.45, 7) is 9.40. The Morgan fingerprint density at radius 1 is 0.882 bits per heavy atom. The van der Waals surface area contributed by atoms with Crippen LogP contribution in [0.1, 0.15) is 78.6 Å². The molecule has 0 bridgehead atoms. The van der Waals surface area contributed by atoms with Crippen molar-refractivity contribution >= 4 is 0 Å². The number of hydrogen-bond donors (Lipinski definition) is 0. The second-order valence-electron chi connectivity index (χ2n) is 5.91. The third kappa shape index (κ3) is 5.42. The molecule has 0 aromatic carbocycles. The molecule has 1 heteroatoms. The molecule has 1 nitrogen and oxygen atoms in total. The molecule has 1 saturated carbocycles. The average Bonchev–Trinajstić information content (AvgIpc) is 2.79. The molecule has 0 aromatic rings. The smallest absolute Gasteiger partial charge is 0.00932 e. The summed E-state index contributed by atoms with van der Waals surface area (Å²) in [6, 6.07) is 0.928. The lowest BCUT2D eigenvalue weighted by molar-refractivity contribution is 0.184. The van der Waals surface area contributed by atoms with E-state index in [1.54, 1.807) is 0 Å². The maximum absolute atomic E-state index is 2.77. The molecule has 17 heavy (non-hydrogen) atoms. The number of nitrogens with zero attached hydrogens (tertiary/aromatic N) is 1. The van der Waals surface area contributed by atoms with Crippen molar-refractivity contribution in [3.8, 4) is 0 Å². The van der Waals surface area contributed by atoms with Crippen LogP contribution in [0.2, 0.25) is 0 Å². The first kappa shape index (κ1) is 15.0. The van der Waals surface area contributed by atoms with E-state index in [2.05, 4.69) is 25.7 Å². The Kier molecular flexibility index (Phi) is 7.92. The zero-order chi connectivity index (χ0) is 12.5. The number of likely N-dealkylation sites (tertiary alicyclic amines) is 1. The highest BCUT2D eigenvalue weighted by atomic mass is 15.2. The van der Waals surface area contributed by atoms with Crippen molar-refractivity contribution in [1.29, 1.82) is 0 Å². The van der Waals surface area contributed by atoms with Gasteiger partial charge < -0.3 is 4.90 Å². The Hall–Kier alpha value is -0.0400. The molecule has 2 rings (SSSR count). The van der Waals surface area contributed by atoms with E-state index in [1.807, 2.05) is 0 Å². The van der Waals surface area contributed by atoms with E-state index in [4.69, 9.17) is 0 Å². The first-order valence-electron chi connectivity index (χ1n) is 8.05. The van der Waals surface area contributed by atoms with Crippen LogP contribution in [-0.4, -0.2) is 24.0 Å². The quantitative estimate of drug-likeness (QED) is 0.680. The van der Waals surface area contributed by atoms with Crippen LogP contribution in [0.3, 0.4) is 0 Å². The Labute approximate surface area is 109 Å². The number of rotatable bonds is 3. The maximum Gasteiger partial charge on any atom is 0.00932 e. The van der Waals surface area contributed by atoms with Crippen LogP contribution >= 0.6 is 0 Å². The summed E-state index contributed by atoms with van der Waals surface area (Å²) < 4.78 is 0. The van der Waals surface area contributed by atoms with Crippen molar-refractivity contribution < 1.29 is 0 Å². The Morgan fingerprint density at radius 2 is 1.53 bits per heavy atom. The van der Waals surface area contributed by atoms with Crippen LogP contribution in [0.15, 0.2) is 0 Å². The first-order chi connectivity index (χ1) is 8.31. The highest BCUT2D eigenvalue weighted by Gasteiger charge is 2.25. The van der Waals surface area contributed by atoms with Gasteiger partial charge in [-0.15, -0.1) is 0 Å². The largest absolute Gasteiger partial charge is 0.300 e. The van der Waals surface area contributed by atoms with Crippen LogP contribution in [0.25, 0.3) is 0 Å². The summed E-state index contributed by atoms with van der Waals surface area (Å²) in [4.78, 5) is 2.77. The molecule has 0 spiro atoms. The molecule has 102 valence electrons. The molecular formula is C16H33N. The summed E-state index contributed by atoms with van der Waals surface area (Å²) >= 11 is 0. The second-order valence-corrected chi connectivity index (χ2v) is 5.91. The fourth-order valence-corrected chi connectivity index (χ4v) is 3.30.